The van der Waals surface area contributed by atoms with E-state index in [0.717, 1.165) is 12.1 Å². The summed E-state index contributed by atoms with van der Waals surface area (Å²) in [4.78, 5) is 13.5. The molecule has 120 valence electrons. The lowest BCUT2D eigenvalue weighted by molar-refractivity contribution is -0.137. The Kier molecular flexibility index (Phi) is 4.46. The molecular weight excluding hydrogens is 297 g/mol. The van der Waals surface area contributed by atoms with Gasteiger partial charge >= 0.3 is 6.18 Å². The van der Waals surface area contributed by atoms with E-state index in [1.54, 1.807) is 0 Å². The Labute approximate surface area is 126 Å². The van der Waals surface area contributed by atoms with Crippen LogP contribution in [-0.4, -0.2) is 35.0 Å². The first-order chi connectivity index (χ1) is 10.3. The standard InChI is InChI=1S/C15H17F3N2O2/c1-2-11-12(13(21)14(22)20(11)8-7-19)9-3-5-10(6-4-9)15(16,17)18/h3-6,11,21H,2,7-8,19H2,1H3. The maximum atomic E-state index is 12.6. The minimum absolute atomic E-state index is 0.246. The van der Waals surface area contributed by atoms with Crippen molar-refractivity contribution in [3.8, 4) is 0 Å². The molecule has 1 unspecified atom stereocenters. The van der Waals surface area contributed by atoms with Gasteiger partial charge in [0.05, 0.1) is 11.6 Å². The van der Waals surface area contributed by atoms with E-state index < -0.39 is 23.4 Å². The Morgan fingerprint density at radius 3 is 2.32 bits per heavy atom. The van der Waals surface area contributed by atoms with Crippen LogP contribution in [-0.2, 0) is 11.0 Å². The molecule has 1 aromatic rings. The predicted molar refractivity (Wildman–Crippen MR) is 75.8 cm³/mol. The molecule has 0 spiro atoms. The van der Waals surface area contributed by atoms with Crippen LogP contribution >= 0.6 is 0 Å². The van der Waals surface area contributed by atoms with Crippen molar-refractivity contribution < 1.29 is 23.1 Å². The highest BCUT2D eigenvalue weighted by Gasteiger charge is 2.39. The molecule has 1 aliphatic heterocycles. The third kappa shape index (κ3) is 2.81. The van der Waals surface area contributed by atoms with Crippen LogP contribution in [0.15, 0.2) is 30.0 Å². The van der Waals surface area contributed by atoms with Crippen LogP contribution in [0.1, 0.15) is 24.5 Å². The Morgan fingerprint density at radius 1 is 1.27 bits per heavy atom. The average molecular weight is 314 g/mol. The minimum atomic E-state index is -4.42. The second kappa shape index (κ2) is 6.00. The number of aliphatic hydroxyl groups excluding tert-OH is 1. The maximum Gasteiger partial charge on any atom is 0.416 e. The monoisotopic (exact) mass is 314 g/mol. The van der Waals surface area contributed by atoms with E-state index in [0.29, 0.717) is 17.6 Å². The topological polar surface area (TPSA) is 66.6 Å². The Bertz CT molecular complexity index is 594. The molecule has 1 aromatic carbocycles. The molecular formula is C15H17F3N2O2. The van der Waals surface area contributed by atoms with Gasteiger partial charge in [0.2, 0.25) is 0 Å². The number of carbonyl (C=O) groups is 1. The van der Waals surface area contributed by atoms with E-state index in [9.17, 15) is 23.1 Å². The summed E-state index contributed by atoms with van der Waals surface area (Å²) in [5.74, 6) is -0.952. The number of nitrogens with zero attached hydrogens (tertiary/aromatic N) is 1. The van der Waals surface area contributed by atoms with Crippen LogP contribution in [0.4, 0.5) is 13.2 Å². The molecule has 1 aliphatic rings. The zero-order valence-corrected chi connectivity index (χ0v) is 12.0. The summed E-state index contributed by atoms with van der Waals surface area (Å²) in [7, 11) is 0. The van der Waals surface area contributed by atoms with E-state index in [1.807, 2.05) is 6.92 Å². The molecule has 0 aliphatic carbocycles. The first kappa shape index (κ1) is 16.4. The molecule has 1 atom stereocenters. The van der Waals surface area contributed by atoms with Crippen LogP contribution in [0.5, 0.6) is 0 Å². The van der Waals surface area contributed by atoms with Gasteiger partial charge in [-0.15, -0.1) is 0 Å². The molecule has 2 rings (SSSR count). The molecule has 0 radical (unpaired) electrons. The van der Waals surface area contributed by atoms with Crippen molar-refractivity contribution in [2.24, 2.45) is 5.73 Å². The van der Waals surface area contributed by atoms with Crippen molar-refractivity contribution in [1.82, 2.24) is 4.90 Å². The highest BCUT2D eigenvalue weighted by Crippen LogP contribution is 2.36. The van der Waals surface area contributed by atoms with Gasteiger partial charge < -0.3 is 15.7 Å². The van der Waals surface area contributed by atoms with Crippen molar-refractivity contribution in [3.63, 3.8) is 0 Å². The number of rotatable bonds is 4. The van der Waals surface area contributed by atoms with Crippen molar-refractivity contribution in [2.45, 2.75) is 25.6 Å². The molecule has 1 heterocycles. The molecule has 3 N–H and O–H groups in total. The van der Waals surface area contributed by atoms with Gasteiger partial charge in [0.15, 0.2) is 5.76 Å². The molecule has 1 amide bonds. The largest absolute Gasteiger partial charge is 0.503 e. The van der Waals surface area contributed by atoms with Crippen LogP contribution in [0.2, 0.25) is 0 Å². The summed E-state index contributed by atoms with van der Waals surface area (Å²) in [6, 6.07) is 4.05. The minimum Gasteiger partial charge on any atom is -0.503 e. The van der Waals surface area contributed by atoms with Gasteiger partial charge in [-0.25, -0.2) is 0 Å². The summed E-state index contributed by atoms with van der Waals surface area (Å²) in [6.07, 6.45) is -3.89. The Morgan fingerprint density at radius 2 is 1.86 bits per heavy atom. The Balaban J connectivity index is 2.40. The van der Waals surface area contributed by atoms with Crippen molar-refractivity contribution in [1.29, 1.82) is 0 Å². The van der Waals surface area contributed by atoms with E-state index in [2.05, 4.69) is 0 Å². The molecule has 0 saturated heterocycles. The lowest BCUT2D eigenvalue weighted by atomic mass is 9.96. The third-order valence-electron chi connectivity index (χ3n) is 3.71. The summed E-state index contributed by atoms with van der Waals surface area (Å²) in [5, 5.41) is 10.1. The number of carbonyl (C=O) groups excluding carboxylic acids is 1. The number of benzene rings is 1. The van der Waals surface area contributed by atoms with Crippen LogP contribution in [0.25, 0.3) is 5.57 Å². The van der Waals surface area contributed by atoms with Gasteiger partial charge in [-0.3, -0.25) is 4.79 Å². The van der Waals surface area contributed by atoms with E-state index in [4.69, 9.17) is 5.73 Å². The number of amides is 1. The first-order valence-electron chi connectivity index (χ1n) is 6.93. The number of nitrogens with two attached hydrogens (primary N) is 1. The summed E-state index contributed by atoms with van der Waals surface area (Å²) >= 11 is 0. The van der Waals surface area contributed by atoms with E-state index in [1.165, 1.54) is 17.0 Å². The van der Waals surface area contributed by atoms with Gasteiger partial charge in [0, 0.05) is 18.7 Å². The SMILES string of the molecule is CCC1C(c2ccc(C(F)(F)F)cc2)=C(O)C(=O)N1CCN. The fourth-order valence-electron chi connectivity index (χ4n) is 2.70. The van der Waals surface area contributed by atoms with Crippen molar-refractivity contribution >= 4 is 11.5 Å². The van der Waals surface area contributed by atoms with Gasteiger partial charge in [-0.2, -0.15) is 13.2 Å². The zero-order chi connectivity index (χ0) is 16.5. The molecule has 4 nitrogen and oxygen atoms in total. The molecule has 22 heavy (non-hydrogen) atoms. The molecule has 0 fully saturated rings. The molecule has 0 aromatic heterocycles. The maximum absolute atomic E-state index is 12.6. The molecule has 0 bridgehead atoms. The summed E-state index contributed by atoms with van der Waals surface area (Å²) in [5.41, 5.74) is 5.46. The van der Waals surface area contributed by atoms with Crippen LogP contribution < -0.4 is 5.73 Å². The highest BCUT2D eigenvalue weighted by molar-refractivity contribution is 6.05. The number of alkyl halides is 3. The molecule has 7 heteroatoms. The Hall–Kier alpha value is -2.02. The van der Waals surface area contributed by atoms with Gasteiger partial charge in [-0.1, -0.05) is 19.1 Å². The lowest BCUT2D eigenvalue weighted by Crippen LogP contribution is -2.38. The second-order valence-electron chi connectivity index (χ2n) is 5.05. The van der Waals surface area contributed by atoms with Crippen molar-refractivity contribution in [3.05, 3.63) is 41.2 Å². The van der Waals surface area contributed by atoms with E-state index in [-0.39, 0.29) is 19.1 Å². The quantitative estimate of drug-likeness (QED) is 0.897. The number of halogens is 3. The average Bonchev–Trinajstić information content (AvgIpc) is 2.71. The summed E-state index contributed by atoms with van der Waals surface area (Å²) in [6.45, 7) is 2.37. The van der Waals surface area contributed by atoms with Crippen LogP contribution in [0, 0.1) is 0 Å². The lowest BCUT2D eigenvalue weighted by Gasteiger charge is -2.25. The van der Waals surface area contributed by atoms with Gasteiger partial charge in [0.1, 0.15) is 0 Å². The zero-order valence-electron chi connectivity index (χ0n) is 12.0. The van der Waals surface area contributed by atoms with Gasteiger partial charge in [-0.05, 0) is 24.1 Å². The normalized spacial score (nSPS) is 19.2. The molecule has 0 saturated carbocycles. The number of hydrogen-bond acceptors (Lipinski definition) is 3. The highest BCUT2D eigenvalue weighted by atomic mass is 19.4. The van der Waals surface area contributed by atoms with E-state index >= 15 is 0 Å². The second-order valence-corrected chi connectivity index (χ2v) is 5.05. The number of aliphatic hydroxyl groups is 1. The first-order valence-corrected chi connectivity index (χ1v) is 6.93. The smallest absolute Gasteiger partial charge is 0.416 e. The predicted octanol–water partition coefficient (Wildman–Crippen LogP) is 2.55. The fraction of sp³-hybridized carbons (Fsp3) is 0.400. The third-order valence-corrected chi connectivity index (χ3v) is 3.71. The number of hydrogen-bond donors (Lipinski definition) is 2. The fourth-order valence-corrected chi connectivity index (χ4v) is 2.70. The van der Waals surface area contributed by atoms with Crippen LogP contribution in [0.3, 0.4) is 0 Å². The van der Waals surface area contributed by atoms with Gasteiger partial charge in [0.25, 0.3) is 5.91 Å². The summed E-state index contributed by atoms with van der Waals surface area (Å²) < 4.78 is 37.8. The van der Waals surface area contributed by atoms with Crippen molar-refractivity contribution in [2.75, 3.05) is 13.1 Å².